The maximum Gasteiger partial charge on any atom is 0.109 e. The molecular weight excluding hydrogens is 244 g/mol. The lowest BCUT2D eigenvalue weighted by Crippen LogP contribution is -2.45. The van der Waals surface area contributed by atoms with Crippen molar-refractivity contribution < 1.29 is 0 Å². The molecule has 4 fully saturated rings. The van der Waals surface area contributed by atoms with Gasteiger partial charge in [-0.3, -0.25) is 0 Å². The number of rotatable bonds is 3. The van der Waals surface area contributed by atoms with E-state index in [4.69, 9.17) is 4.98 Å². The maximum absolute atomic E-state index is 4.86. The fourth-order valence-corrected chi connectivity index (χ4v) is 6.26. The molecule has 108 valence electrons. The number of fused-ring (bicyclic) bond motifs is 1. The molecule has 0 saturated heterocycles. The van der Waals surface area contributed by atoms with Crippen molar-refractivity contribution >= 4 is 0 Å². The summed E-state index contributed by atoms with van der Waals surface area (Å²) < 4.78 is 2.40. The summed E-state index contributed by atoms with van der Waals surface area (Å²) in [5.74, 6) is 6.79. The lowest BCUT2D eigenvalue weighted by molar-refractivity contribution is -0.0394. The Morgan fingerprint density at radius 1 is 1.05 bits per heavy atom. The smallest absolute Gasteiger partial charge is 0.109 e. The number of hydrogen-bond acceptors (Lipinski definition) is 1. The molecule has 1 aromatic heterocycles. The van der Waals surface area contributed by atoms with Gasteiger partial charge in [0.2, 0.25) is 0 Å². The first-order chi connectivity index (χ1) is 9.85. The van der Waals surface area contributed by atoms with Crippen LogP contribution in [-0.2, 0) is 19.4 Å². The Kier molecular flexibility index (Phi) is 2.57. The summed E-state index contributed by atoms with van der Waals surface area (Å²) in [6.07, 6.45) is 15.4. The number of imidazole rings is 1. The summed E-state index contributed by atoms with van der Waals surface area (Å²) in [5, 5.41) is 0. The predicted octanol–water partition coefficient (Wildman–Crippen LogP) is 3.83. The highest BCUT2D eigenvalue weighted by atomic mass is 15.1. The molecule has 1 aromatic rings. The molecule has 4 saturated carbocycles. The van der Waals surface area contributed by atoms with E-state index in [1.165, 1.54) is 43.7 Å². The largest absolute Gasteiger partial charge is 0.335 e. The molecule has 20 heavy (non-hydrogen) atoms. The molecule has 0 spiro atoms. The van der Waals surface area contributed by atoms with Crippen LogP contribution in [0, 0.1) is 29.6 Å². The second-order valence-corrected chi connectivity index (χ2v) is 8.08. The Bertz CT molecular complexity index is 466. The zero-order chi connectivity index (χ0) is 13.1. The number of aryl methyl sites for hydroxylation is 3. The molecule has 0 atom stereocenters. The zero-order valence-corrected chi connectivity index (χ0v) is 12.4. The van der Waals surface area contributed by atoms with E-state index in [1.54, 1.807) is 32.1 Å². The van der Waals surface area contributed by atoms with E-state index in [-0.39, 0.29) is 0 Å². The van der Waals surface area contributed by atoms with Gasteiger partial charge in [-0.15, -0.1) is 0 Å². The molecule has 4 aliphatic carbocycles. The molecule has 2 nitrogen and oxygen atoms in total. The van der Waals surface area contributed by atoms with Crippen LogP contribution in [0.25, 0.3) is 0 Å². The average Bonchev–Trinajstić information content (AvgIpc) is 2.97. The van der Waals surface area contributed by atoms with Gasteiger partial charge in [-0.05, 0) is 81.0 Å². The van der Waals surface area contributed by atoms with E-state index in [9.17, 15) is 0 Å². The summed E-state index contributed by atoms with van der Waals surface area (Å²) in [7, 11) is 0. The van der Waals surface area contributed by atoms with Crippen LogP contribution in [0.5, 0.6) is 0 Å². The second kappa shape index (κ2) is 4.35. The number of hydrogen-bond donors (Lipinski definition) is 0. The van der Waals surface area contributed by atoms with Crippen molar-refractivity contribution in [2.24, 2.45) is 29.6 Å². The highest BCUT2D eigenvalue weighted by Gasteiger charge is 2.47. The quantitative estimate of drug-likeness (QED) is 0.816. The fourth-order valence-electron chi connectivity index (χ4n) is 6.26. The van der Waals surface area contributed by atoms with Gasteiger partial charge in [0.15, 0.2) is 0 Å². The van der Waals surface area contributed by atoms with Gasteiger partial charge < -0.3 is 4.57 Å². The Morgan fingerprint density at radius 2 is 1.80 bits per heavy atom. The van der Waals surface area contributed by atoms with Crippen molar-refractivity contribution in [3.05, 3.63) is 17.7 Å². The molecule has 0 N–H and O–H groups in total. The van der Waals surface area contributed by atoms with Gasteiger partial charge in [0.1, 0.15) is 5.82 Å². The molecule has 2 heterocycles. The third-order valence-corrected chi connectivity index (χ3v) is 6.86. The molecule has 6 rings (SSSR count). The summed E-state index contributed by atoms with van der Waals surface area (Å²) >= 11 is 0. The van der Waals surface area contributed by atoms with Gasteiger partial charge in [0, 0.05) is 19.2 Å². The summed E-state index contributed by atoms with van der Waals surface area (Å²) in [6, 6.07) is 0. The van der Waals surface area contributed by atoms with Crippen LogP contribution in [-0.4, -0.2) is 9.55 Å². The normalized spacial score (nSPS) is 41.3. The van der Waals surface area contributed by atoms with Crippen LogP contribution < -0.4 is 0 Å². The first-order valence-corrected chi connectivity index (χ1v) is 8.90. The van der Waals surface area contributed by atoms with Gasteiger partial charge in [-0.2, -0.15) is 0 Å². The molecule has 0 radical (unpaired) electrons. The minimum Gasteiger partial charge on any atom is -0.335 e. The van der Waals surface area contributed by atoms with Crippen molar-refractivity contribution in [3.8, 4) is 0 Å². The van der Waals surface area contributed by atoms with Gasteiger partial charge >= 0.3 is 0 Å². The van der Waals surface area contributed by atoms with Crippen LogP contribution in [0.3, 0.4) is 0 Å². The first-order valence-electron chi connectivity index (χ1n) is 8.90. The van der Waals surface area contributed by atoms with Crippen LogP contribution >= 0.6 is 0 Å². The number of nitrogens with zero attached hydrogens (tertiary/aromatic N) is 2. The Labute approximate surface area is 122 Å². The second-order valence-electron chi connectivity index (χ2n) is 8.08. The SMILES string of the molecule is c1c(CCC2C3CC4CC(C3)CC2C4)nc2n1CCC2. The highest BCUT2D eigenvalue weighted by Crippen LogP contribution is 2.57. The van der Waals surface area contributed by atoms with Crippen LogP contribution in [0.1, 0.15) is 56.5 Å². The Hall–Kier alpha value is -0.790. The standard InChI is InChI=1S/C18H26N2/c1-2-18-19-16(11-20(18)5-1)3-4-17-14-7-12-6-13(9-14)10-15(17)8-12/h11-15,17H,1-10H2. The van der Waals surface area contributed by atoms with E-state index in [1.807, 2.05) is 0 Å². The highest BCUT2D eigenvalue weighted by molar-refractivity contribution is 5.08. The van der Waals surface area contributed by atoms with Crippen molar-refractivity contribution in [1.29, 1.82) is 0 Å². The lowest BCUT2D eigenvalue weighted by Gasteiger charge is -2.54. The van der Waals surface area contributed by atoms with Gasteiger partial charge in [-0.1, -0.05) is 0 Å². The third kappa shape index (κ3) is 1.79. The van der Waals surface area contributed by atoms with E-state index < -0.39 is 0 Å². The molecule has 5 aliphatic rings. The van der Waals surface area contributed by atoms with Crippen LogP contribution in [0.2, 0.25) is 0 Å². The minimum atomic E-state index is 1.04. The predicted molar refractivity (Wildman–Crippen MR) is 79.4 cm³/mol. The summed E-state index contributed by atoms with van der Waals surface area (Å²) in [5.41, 5.74) is 1.38. The lowest BCUT2D eigenvalue weighted by atomic mass is 9.51. The van der Waals surface area contributed by atoms with Gasteiger partial charge in [-0.25, -0.2) is 4.98 Å². The summed E-state index contributed by atoms with van der Waals surface area (Å²) in [4.78, 5) is 4.86. The van der Waals surface area contributed by atoms with E-state index in [0.29, 0.717) is 0 Å². The average molecular weight is 270 g/mol. The topological polar surface area (TPSA) is 17.8 Å². The molecule has 2 heteroatoms. The number of aromatic nitrogens is 2. The zero-order valence-electron chi connectivity index (χ0n) is 12.4. The van der Waals surface area contributed by atoms with Crippen molar-refractivity contribution in [2.45, 2.75) is 64.3 Å². The van der Waals surface area contributed by atoms with E-state index in [0.717, 1.165) is 29.6 Å². The monoisotopic (exact) mass is 270 g/mol. The van der Waals surface area contributed by atoms with Gasteiger partial charge in [0.25, 0.3) is 0 Å². The van der Waals surface area contributed by atoms with Crippen LogP contribution in [0.15, 0.2) is 6.20 Å². The Balaban J connectivity index is 1.27. The minimum absolute atomic E-state index is 1.04. The summed E-state index contributed by atoms with van der Waals surface area (Å²) in [6.45, 7) is 1.21. The molecular formula is C18H26N2. The molecule has 4 bridgehead atoms. The molecule has 0 unspecified atom stereocenters. The third-order valence-electron chi connectivity index (χ3n) is 6.86. The maximum atomic E-state index is 4.86. The molecule has 0 aromatic carbocycles. The van der Waals surface area contributed by atoms with E-state index in [2.05, 4.69) is 10.8 Å². The van der Waals surface area contributed by atoms with Crippen LogP contribution in [0.4, 0.5) is 0 Å². The Morgan fingerprint density at radius 3 is 2.50 bits per heavy atom. The fraction of sp³-hybridized carbons (Fsp3) is 0.833. The van der Waals surface area contributed by atoms with Crippen molar-refractivity contribution in [3.63, 3.8) is 0 Å². The molecule has 0 amide bonds. The van der Waals surface area contributed by atoms with Gasteiger partial charge in [0.05, 0.1) is 5.69 Å². The molecule has 1 aliphatic heterocycles. The first kappa shape index (κ1) is 11.8. The van der Waals surface area contributed by atoms with E-state index >= 15 is 0 Å². The van der Waals surface area contributed by atoms with Crippen molar-refractivity contribution in [1.82, 2.24) is 9.55 Å². The van der Waals surface area contributed by atoms with Crippen molar-refractivity contribution in [2.75, 3.05) is 0 Å².